The van der Waals surface area contributed by atoms with Crippen molar-refractivity contribution < 1.29 is 8.42 Å². The average Bonchev–Trinajstić information content (AvgIpc) is 2.17. The third kappa shape index (κ3) is 2.92. The van der Waals surface area contributed by atoms with Gasteiger partial charge in [-0.2, -0.15) is 0 Å². The summed E-state index contributed by atoms with van der Waals surface area (Å²) in [5.41, 5.74) is 5.80. The van der Waals surface area contributed by atoms with Crippen LogP contribution in [-0.2, 0) is 10.0 Å². The molecule has 0 atom stereocenters. The van der Waals surface area contributed by atoms with Crippen molar-refractivity contribution in [3.63, 3.8) is 0 Å². The van der Waals surface area contributed by atoms with E-state index in [2.05, 4.69) is 0 Å². The van der Waals surface area contributed by atoms with Crippen molar-refractivity contribution in [3.05, 3.63) is 0 Å². The van der Waals surface area contributed by atoms with E-state index in [4.69, 9.17) is 5.73 Å². The summed E-state index contributed by atoms with van der Waals surface area (Å²) in [4.78, 5) is 0. The second-order valence-corrected chi connectivity index (χ2v) is 7.23. The minimum atomic E-state index is -3.10. The summed E-state index contributed by atoms with van der Waals surface area (Å²) in [6, 6.07) is 0.411. The fourth-order valence-electron chi connectivity index (χ4n) is 2.01. The first kappa shape index (κ1) is 12.9. The topological polar surface area (TPSA) is 63.4 Å². The van der Waals surface area contributed by atoms with Gasteiger partial charge in [-0.1, -0.05) is 0 Å². The van der Waals surface area contributed by atoms with Crippen LogP contribution in [0.4, 0.5) is 0 Å². The third-order valence-electron chi connectivity index (χ3n) is 3.25. The Morgan fingerprint density at radius 1 is 1.20 bits per heavy atom. The van der Waals surface area contributed by atoms with Crippen molar-refractivity contribution >= 4 is 10.0 Å². The van der Waals surface area contributed by atoms with Crippen LogP contribution in [0.15, 0.2) is 0 Å². The van der Waals surface area contributed by atoms with E-state index in [0.29, 0.717) is 0 Å². The number of sulfonamides is 1. The molecular weight excluding hydrogens is 212 g/mol. The van der Waals surface area contributed by atoms with E-state index in [1.807, 2.05) is 0 Å². The molecular formula is C10H22N2O2S. The van der Waals surface area contributed by atoms with Crippen molar-refractivity contribution in [1.82, 2.24) is 4.31 Å². The molecule has 0 amide bonds. The first-order valence-corrected chi connectivity index (χ1v) is 7.08. The Morgan fingerprint density at radius 2 is 1.67 bits per heavy atom. The van der Waals surface area contributed by atoms with Crippen molar-refractivity contribution in [2.24, 2.45) is 5.73 Å². The predicted octanol–water partition coefficient (Wildman–Crippen LogP) is 0.926. The lowest BCUT2D eigenvalue weighted by molar-refractivity contribution is 0.267. The minimum absolute atomic E-state index is 0.150. The summed E-state index contributed by atoms with van der Waals surface area (Å²) >= 11 is 0. The van der Waals surface area contributed by atoms with Crippen LogP contribution in [0.3, 0.4) is 0 Å². The van der Waals surface area contributed by atoms with E-state index in [0.717, 1.165) is 25.7 Å². The predicted molar refractivity (Wildman–Crippen MR) is 62.1 cm³/mol. The van der Waals surface area contributed by atoms with Gasteiger partial charge in [-0.15, -0.1) is 0 Å². The van der Waals surface area contributed by atoms with E-state index < -0.39 is 10.0 Å². The summed E-state index contributed by atoms with van der Waals surface area (Å²) in [6.07, 6.45) is 3.65. The van der Waals surface area contributed by atoms with Crippen LogP contribution in [0.25, 0.3) is 0 Å². The number of nitrogens with zero attached hydrogens (tertiary/aromatic N) is 1. The molecule has 0 aromatic carbocycles. The highest BCUT2D eigenvalue weighted by Gasteiger charge is 2.31. The maximum Gasteiger partial charge on any atom is 0.216 e. The van der Waals surface area contributed by atoms with Crippen molar-refractivity contribution in [2.45, 2.75) is 56.9 Å². The third-order valence-corrected chi connectivity index (χ3v) is 5.55. The second kappa shape index (κ2) is 4.80. The summed E-state index contributed by atoms with van der Waals surface area (Å²) in [5.74, 6) is 0. The van der Waals surface area contributed by atoms with E-state index in [-0.39, 0.29) is 17.3 Å². The molecule has 2 N–H and O–H groups in total. The molecule has 1 aliphatic carbocycles. The fourth-order valence-corrected chi connectivity index (χ4v) is 3.30. The van der Waals surface area contributed by atoms with Crippen LogP contribution in [0, 0.1) is 0 Å². The van der Waals surface area contributed by atoms with Gasteiger partial charge in [0.15, 0.2) is 0 Å². The van der Waals surface area contributed by atoms with Crippen LogP contribution in [0.5, 0.6) is 0 Å². The largest absolute Gasteiger partial charge is 0.328 e. The zero-order valence-corrected chi connectivity index (χ0v) is 10.6. The van der Waals surface area contributed by atoms with Gasteiger partial charge in [0.1, 0.15) is 0 Å². The minimum Gasteiger partial charge on any atom is -0.328 e. The van der Waals surface area contributed by atoms with Crippen LogP contribution < -0.4 is 5.73 Å². The molecule has 0 heterocycles. The lowest BCUT2D eigenvalue weighted by Gasteiger charge is -2.33. The zero-order chi connectivity index (χ0) is 11.6. The Labute approximate surface area is 92.9 Å². The molecule has 1 aliphatic rings. The molecule has 0 aromatic heterocycles. The number of hydrogen-bond donors (Lipinski definition) is 1. The molecule has 90 valence electrons. The standard InChI is InChI=1S/C10H22N2O2S/c1-8(2)15(13,14)12(3)10-6-4-9(11)5-7-10/h8-10H,4-7,11H2,1-3H3. The van der Waals surface area contributed by atoms with Gasteiger partial charge in [0.2, 0.25) is 10.0 Å². The molecule has 0 radical (unpaired) electrons. The van der Waals surface area contributed by atoms with Gasteiger partial charge in [-0.3, -0.25) is 0 Å². The first-order chi connectivity index (χ1) is 6.85. The molecule has 0 spiro atoms. The maximum atomic E-state index is 11.9. The van der Waals surface area contributed by atoms with Crippen LogP contribution in [0.2, 0.25) is 0 Å². The van der Waals surface area contributed by atoms with Gasteiger partial charge in [0.05, 0.1) is 5.25 Å². The molecule has 1 saturated carbocycles. The van der Waals surface area contributed by atoms with Crippen LogP contribution in [0.1, 0.15) is 39.5 Å². The Morgan fingerprint density at radius 3 is 2.07 bits per heavy atom. The maximum absolute atomic E-state index is 11.9. The molecule has 15 heavy (non-hydrogen) atoms. The monoisotopic (exact) mass is 234 g/mol. The van der Waals surface area contributed by atoms with E-state index in [1.54, 1.807) is 25.2 Å². The number of hydrogen-bond acceptors (Lipinski definition) is 3. The summed E-state index contributed by atoms with van der Waals surface area (Å²) < 4.78 is 25.4. The smallest absolute Gasteiger partial charge is 0.216 e. The average molecular weight is 234 g/mol. The molecule has 0 bridgehead atoms. The Hall–Kier alpha value is -0.130. The molecule has 1 rings (SSSR count). The molecule has 5 heteroatoms. The normalized spacial score (nSPS) is 28.7. The molecule has 0 aromatic rings. The zero-order valence-electron chi connectivity index (χ0n) is 9.81. The van der Waals surface area contributed by atoms with Crippen LogP contribution in [-0.4, -0.2) is 37.1 Å². The summed E-state index contributed by atoms with van der Waals surface area (Å²) in [5, 5.41) is -0.335. The summed E-state index contributed by atoms with van der Waals surface area (Å²) in [7, 11) is -1.41. The Balaban J connectivity index is 2.65. The SMILES string of the molecule is CC(C)S(=O)(=O)N(C)C1CCC(N)CC1. The molecule has 0 unspecified atom stereocenters. The highest BCUT2D eigenvalue weighted by atomic mass is 32.2. The Bertz CT molecular complexity index is 293. The lowest BCUT2D eigenvalue weighted by atomic mass is 9.92. The highest BCUT2D eigenvalue weighted by Crippen LogP contribution is 2.24. The quantitative estimate of drug-likeness (QED) is 0.790. The van der Waals surface area contributed by atoms with Crippen LogP contribution >= 0.6 is 0 Å². The molecule has 0 aliphatic heterocycles. The fraction of sp³-hybridized carbons (Fsp3) is 1.00. The molecule has 0 saturated heterocycles. The highest BCUT2D eigenvalue weighted by molar-refractivity contribution is 7.89. The van der Waals surface area contributed by atoms with E-state index in [1.165, 1.54) is 0 Å². The van der Waals surface area contributed by atoms with Gasteiger partial charge in [0, 0.05) is 19.1 Å². The lowest BCUT2D eigenvalue weighted by Crippen LogP contribution is -2.44. The van der Waals surface area contributed by atoms with E-state index in [9.17, 15) is 8.42 Å². The van der Waals surface area contributed by atoms with Crippen molar-refractivity contribution in [2.75, 3.05) is 7.05 Å². The number of rotatable bonds is 3. The molecule has 1 fully saturated rings. The van der Waals surface area contributed by atoms with Gasteiger partial charge in [0.25, 0.3) is 0 Å². The second-order valence-electron chi connectivity index (χ2n) is 4.68. The number of nitrogens with two attached hydrogens (primary N) is 1. The van der Waals surface area contributed by atoms with Gasteiger partial charge in [-0.25, -0.2) is 12.7 Å². The van der Waals surface area contributed by atoms with Gasteiger partial charge in [-0.05, 0) is 39.5 Å². The van der Waals surface area contributed by atoms with Gasteiger partial charge >= 0.3 is 0 Å². The first-order valence-electron chi connectivity index (χ1n) is 5.58. The van der Waals surface area contributed by atoms with Gasteiger partial charge < -0.3 is 5.73 Å². The van der Waals surface area contributed by atoms with Crippen molar-refractivity contribution in [3.8, 4) is 0 Å². The Kier molecular flexibility index (Phi) is 4.14. The summed E-state index contributed by atoms with van der Waals surface area (Å²) in [6.45, 7) is 3.45. The van der Waals surface area contributed by atoms with E-state index >= 15 is 0 Å². The molecule has 4 nitrogen and oxygen atoms in total. The van der Waals surface area contributed by atoms with Crippen molar-refractivity contribution in [1.29, 1.82) is 0 Å².